The Morgan fingerprint density at radius 2 is 2.04 bits per heavy atom. The zero-order chi connectivity index (χ0) is 15.6. The van der Waals surface area contributed by atoms with Crippen LogP contribution in [0.3, 0.4) is 0 Å². The van der Waals surface area contributed by atoms with E-state index in [1.807, 2.05) is 0 Å². The van der Waals surface area contributed by atoms with Gasteiger partial charge in [0.05, 0.1) is 11.7 Å². The van der Waals surface area contributed by atoms with Crippen LogP contribution in [0.15, 0.2) is 23.1 Å². The molecule has 2 N–H and O–H groups in total. The van der Waals surface area contributed by atoms with Crippen LogP contribution in [0, 0.1) is 0 Å². The number of fused-ring (bicyclic) bond motifs is 1. The smallest absolute Gasteiger partial charge is 0.245 e. The molecule has 0 bridgehead atoms. The predicted molar refractivity (Wildman–Crippen MR) is 91.5 cm³/mol. The lowest BCUT2D eigenvalue weighted by Gasteiger charge is -2.33. The summed E-state index contributed by atoms with van der Waals surface area (Å²) in [4.78, 5) is 0.207. The number of aromatic nitrogens is 2. The number of halogens is 1. The molecule has 2 aromatic rings. The summed E-state index contributed by atoms with van der Waals surface area (Å²) >= 11 is 1.02. The zero-order valence-corrected chi connectivity index (χ0v) is 14.9. The van der Waals surface area contributed by atoms with Crippen LogP contribution >= 0.6 is 24.1 Å². The maximum atomic E-state index is 13.1. The Hall–Kier alpha value is -0.840. The van der Waals surface area contributed by atoms with Crippen molar-refractivity contribution in [1.29, 1.82) is 0 Å². The Bertz CT molecular complexity index is 747. The van der Waals surface area contributed by atoms with E-state index in [0.717, 1.165) is 11.7 Å². The van der Waals surface area contributed by atoms with E-state index >= 15 is 0 Å². The van der Waals surface area contributed by atoms with Crippen LogP contribution in [0.2, 0.25) is 0 Å². The number of hydrogen-bond acceptors (Lipinski definition) is 7. The van der Waals surface area contributed by atoms with Crippen molar-refractivity contribution < 1.29 is 13.2 Å². The molecule has 0 aliphatic carbocycles. The summed E-state index contributed by atoms with van der Waals surface area (Å²) in [5, 5.41) is 0. The summed E-state index contributed by atoms with van der Waals surface area (Å²) in [6.45, 7) is 1.72. The first-order chi connectivity index (χ1) is 10.6. The highest BCUT2D eigenvalue weighted by molar-refractivity contribution is 7.89. The van der Waals surface area contributed by atoms with E-state index in [9.17, 15) is 8.42 Å². The van der Waals surface area contributed by atoms with Crippen molar-refractivity contribution in [2.75, 3.05) is 26.3 Å². The molecule has 0 unspecified atom stereocenters. The molecule has 23 heavy (non-hydrogen) atoms. The van der Waals surface area contributed by atoms with Gasteiger partial charge in [-0.25, -0.2) is 8.42 Å². The van der Waals surface area contributed by atoms with E-state index in [4.69, 9.17) is 10.5 Å². The fourth-order valence-corrected chi connectivity index (χ4v) is 5.17. The first-order valence-electron chi connectivity index (χ1n) is 7.15. The van der Waals surface area contributed by atoms with Gasteiger partial charge >= 0.3 is 0 Å². The number of nitrogens with zero attached hydrogens (tertiary/aromatic N) is 3. The third kappa shape index (κ3) is 3.65. The van der Waals surface area contributed by atoms with Crippen LogP contribution in [0.25, 0.3) is 11.0 Å². The number of hydrogen-bond donors (Lipinski definition) is 1. The number of rotatable bonds is 5. The zero-order valence-electron chi connectivity index (χ0n) is 12.4. The minimum Gasteiger partial charge on any atom is -0.381 e. The number of benzene rings is 1. The molecule has 7 nitrogen and oxygen atoms in total. The van der Waals surface area contributed by atoms with Crippen molar-refractivity contribution in [3.05, 3.63) is 18.2 Å². The molecule has 0 radical (unpaired) electrons. The normalized spacial score (nSPS) is 16.6. The molecule has 1 aromatic carbocycles. The van der Waals surface area contributed by atoms with Crippen LogP contribution < -0.4 is 5.73 Å². The number of sulfonamides is 1. The van der Waals surface area contributed by atoms with Crippen molar-refractivity contribution >= 4 is 45.2 Å². The van der Waals surface area contributed by atoms with Gasteiger partial charge in [0.25, 0.3) is 0 Å². The van der Waals surface area contributed by atoms with Crippen molar-refractivity contribution in [3.8, 4) is 0 Å². The van der Waals surface area contributed by atoms with Crippen molar-refractivity contribution in [2.24, 2.45) is 5.73 Å². The van der Waals surface area contributed by atoms with E-state index in [0.29, 0.717) is 43.6 Å². The molecule has 10 heteroatoms. The quantitative estimate of drug-likeness (QED) is 0.840. The molecule has 2 heterocycles. The van der Waals surface area contributed by atoms with Crippen LogP contribution in [0.4, 0.5) is 0 Å². The van der Waals surface area contributed by atoms with Gasteiger partial charge in [0.1, 0.15) is 15.9 Å². The van der Waals surface area contributed by atoms with Crippen LogP contribution in [-0.4, -0.2) is 53.8 Å². The van der Waals surface area contributed by atoms with E-state index in [-0.39, 0.29) is 29.9 Å². The van der Waals surface area contributed by atoms with Crippen molar-refractivity contribution in [2.45, 2.75) is 23.8 Å². The van der Waals surface area contributed by atoms with Crippen LogP contribution in [0.1, 0.15) is 12.8 Å². The van der Waals surface area contributed by atoms with Gasteiger partial charge in [-0.1, -0.05) is 6.07 Å². The van der Waals surface area contributed by atoms with Gasteiger partial charge in [-0.05, 0) is 25.0 Å². The van der Waals surface area contributed by atoms with Gasteiger partial charge in [0.15, 0.2) is 0 Å². The molecule has 1 fully saturated rings. The predicted octanol–water partition coefficient (Wildman–Crippen LogP) is 1.24. The topological polar surface area (TPSA) is 98.4 Å². The molecular formula is C13H19ClN4O3S2. The highest BCUT2D eigenvalue weighted by atomic mass is 35.5. The maximum absolute atomic E-state index is 13.1. The lowest BCUT2D eigenvalue weighted by atomic mass is 10.1. The molecule has 0 atom stereocenters. The van der Waals surface area contributed by atoms with Crippen LogP contribution in [-0.2, 0) is 14.8 Å². The summed E-state index contributed by atoms with van der Waals surface area (Å²) in [7, 11) is -3.66. The van der Waals surface area contributed by atoms with Gasteiger partial charge in [-0.3, -0.25) is 0 Å². The number of nitrogens with two attached hydrogens (primary N) is 1. The lowest BCUT2D eigenvalue weighted by molar-refractivity contribution is 0.0590. The van der Waals surface area contributed by atoms with E-state index in [2.05, 4.69) is 8.75 Å². The second-order valence-electron chi connectivity index (χ2n) is 5.14. The monoisotopic (exact) mass is 378 g/mol. The largest absolute Gasteiger partial charge is 0.381 e. The standard InChI is InChI=1S/C13H18N4O3S2.ClH/c14-6-7-17(10-4-8-20-9-5-10)22(18,19)12-3-1-2-11-13(12)16-21-15-11;/h1-3,10H,4-9,14H2;1H. The molecular weight excluding hydrogens is 360 g/mol. The summed E-state index contributed by atoms with van der Waals surface area (Å²) in [6.07, 6.45) is 1.37. The van der Waals surface area contributed by atoms with Crippen molar-refractivity contribution in [1.82, 2.24) is 13.1 Å². The Morgan fingerprint density at radius 3 is 2.74 bits per heavy atom. The molecule has 0 spiro atoms. The lowest BCUT2D eigenvalue weighted by Crippen LogP contribution is -2.45. The Balaban J connectivity index is 0.00000192. The molecule has 1 aliphatic rings. The summed E-state index contributed by atoms with van der Waals surface area (Å²) in [6, 6.07) is 4.96. The highest BCUT2D eigenvalue weighted by Gasteiger charge is 2.33. The second kappa shape index (κ2) is 7.82. The van der Waals surface area contributed by atoms with E-state index in [1.165, 1.54) is 4.31 Å². The van der Waals surface area contributed by atoms with Gasteiger partial charge in [-0.15, -0.1) is 12.4 Å². The number of ether oxygens (including phenoxy) is 1. The SMILES string of the molecule is Cl.NCCN(C1CCOCC1)S(=O)(=O)c1cccc2nsnc12. The fraction of sp³-hybridized carbons (Fsp3) is 0.538. The highest BCUT2D eigenvalue weighted by Crippen LogP contribution is 2.27. The van der Waals surface area contributed by atoms with Crippen LogP contribution in [0.5, 0.6) is 0 Å². The Morgan fingerprint density at radius 1 is 1.30 bits per heavy atom. The average molecular weight is 379 g/mol. The second-order valence-corrected chi connectivity index (χ2v) is 7.52. The molecule has 3 rings (SSSR count). The third-order valence-electron chi connectivity index (χ3n) is 3.78. The Kier molecular flexibility index (Phi) is 6.29. The minimum atomic E-state index is -3.66. The molecule has 128 valence electrons. The van der Waals surface area contributed by atoms with Crippen molar-refractivity contribution in [3.63, 3.8) is 0 Å². The maximum Gasteiger partial charge on any atom is 0.245 e. The molecule has 1 saturated heterocycles. The molecule has 1 aromatic heterocycles. The van der Waals surface area contributed by atoms with Gasteiger partial charge in [-0.2, -0.15) is 13.1 Å². The summed E-state index contributed by atoms with van der Waals surface area (Å²) in [5.74, 6) is 0. The summed E-state index contributed by atoms with van der Waals surface area (Å²) in [5.41, 5.74) is 6.67. The van der Waals surface area contributed by atoms with Gasteiger partial charge < -0.3 is 10.5 Å². The third-order valence-corrected chi connectivity index (χ3v) is 6.31. The Labute approximate surface area is 145 Å². The minimum absolute atomic E-state index is 0. The van der Waals surface area contributed by atoms with E-state index in [1.54, 1.807) is 18.2 Å². The first-order valence-corrected chi connectivity index (χ1v) is 9.32. The summed E-state index contributed by atoms with van der Waals surface area (Å²) < 4.78 is 41.3. The van der Waals surface area contributed by atoms with E-state index < -0.39 is 10.0 Å². The average Bonchev–Trinajstić information content (AvgIpc) is 3.01. The molecule has 0 saturated carbocycles. The van der Waals surface area contributed by atoms with Gasteiger partial charge in [0.2, 0.25) is 10.0 Å². The molecule has 1 aliphatic heterocycles. The fourth-order valence-electron chi connectivity index (χ4n) is 2.72. The molecule has 0 amide bonds. The first kappa shape index (κ1) is 18.5. The van der Waals surface area contributed by atoms with Gasteiger partial charge in [0, 0.05) is 32.3 Å².